The second kappa shape index (κ2) is 4.58. The van der Waals surface area contributed by atoms with Gasteiger partial charge in [0.2, 0.25) is 5.78 Å². The van der Waals surface area contributed by atoms with Crippen LogP contribution in [-0.4, -0.2) is 28.0 Å². The van der Waals surface area contributed by atoms with E-state index in [9.17, 15) is 0 Å². The fraction of sp³-hybridized carbons (Fsp3) is 0.273. The third kappa shape index (κ3) is 2.14. The molecule has 0 bridgehead atoms. The van der Waals surface area contributed by atoms with E-state index in [-0.39, 0.29) is 0 Å². The van der Waals surface area contributed by atoms with Gasteiger partial charge in [0.05, 0.1) is 6.20 Å². The molecule has 76 valence electrons. The molecule has 0 aliphatic rings. The Kier molecular flexibility index (Phi) is 2.96. The maximum absolute atomic E-state index is 4.15. The van der Waals surface area contributed by atoms with Gasteiger partial charge >= 0.3 is 0 Å². The third-order valence-electron chi connectivity index (χ3n) is 2.00. The molecule has 4 nitrogen and oxygen atoms in total. The van der Waals surface area contributed by atoms with Crippen molar-refractivity contribution < 1.29 is 0 Å². The summed E-state index contributed by atoms with van der Waals surface area (Å²) in [7, 11) is 1.92. The summed E-state index contributed by atoms with van der Waals surface area (Å²) in [5, 5.41) is 3.05. The summed E-state index contributed by atoms with van der Waals surface area (Å²) in [6.07, 6.45) is 6.22. The van der Waals surface area contributed by atoms with Crippen molar-refractivity contribution in [2.24, 2.45) is 0 Å². The Morgan fingerprint density at radius 3 is 3.27 bits per heavy atom. The van der Waals surface area contributed by atoms with E-state index in [2.05, 4.69) is 27.1 Å². The molecule has 0 spiro atoms. The van der Waals surface area contributed by atoms with Crippen LogP contribution in [0.5, 0.6) is 0 Å². The highest BCUT2D eigenvalue weighted by atomic mass is 15.1. The first-order chi connectivity index (χ1) is 7.42. The van der Waals surface area contributed by atoms with E-state index in [0.717, 1.165) is 18.7 Å². The molecule has 2 aromatic rings. The van der Waals surface area contributed by atoms with Crippen LogP contribution < -0.4 is 5.32 Å². The monoisotopic (exact) mass is 200 g/mol. The van der Waals surface area contributed by atoms with Crippen LogP contribution in [0.25, 0.3) is 5.78 Å². The Hall–Kier alpha value is -1.86. The summed E-state index contributed by atoms with van der Waals surface area (Å²) in [4.78, 5) is 8.27. The summed E-state index contributed by atoms with van der Waals surface area (Å²) < 4.78 is 1.88. The lowest BCUT2D eigenvalue weighted by molar-refractivity contribution is 0.818. The summed E-state index contributed by atoms with van der Waals surface area (Å²) in [6.45, 7) is 0.905. The maximum atomic E-state index is 4.15. The SMILES string of the molecule is CNCCC#Cc1cnc2ncccn12. The average Bonchev–Trinajstić information content (AvgIpc) is 2.68. The molecule has 2 heterocycles. The molecule has 0 fully saturated rings. The Labute approximate surface area is 88.4 Å². The van der Waals surface area contributed by atoms with Crippen LogP contribution in [0, 0.1) is 11.8 Å². The number of hydrogen-bond donors (Lipinski definition) is 1. The maximum Gasteiger partial charge on any atom is 0.234 e. The highest BCUT2D eigenvalue weighted by Gasteiger charge is 1.98. The van der Waals surface area contributed by atoms with Crippen LogP contribution >= 0.6 is 0 Å². The number of nitrogens with one attached hydrogen (secondary N) is 1. The van der Waals surface area contributed by atoms with E-state index in [1.165, 1.54) is 0 Å². The molecular weight excluding hydrogens is 188 g/mol. The van der Waals surface area contributed by atoms with Gasteiger partial charge in [0.25, 0.3) is 0 Å². The second-order valence-corrected chi connectivity index (χ2v) is 3.09. The Morgan fingerprint density at radius 2 is 2.40 bits per heavy atom. The summed E-state index contributed by atoms with van der Waals surface area (Å²) in [5.41, 5.74) is 0.884. The summed E-state index contributed by atoms with van der Waals surface area (Å²) in [6, 6.07) is 1.87. The second-order valence-electron chi connectivity index (χ2n) is 3.09. The minimum absolute atomic E-state index is 0.690. The van der Waals surface area contributed by atoms with Gasteiger partial charge in [-0.3, -0.25) is 4.40 Å². The Morgan fingerprint density at radius 1 is 1.47 bits per heavy atom. The van der Waals surface area contributed by atoms with E-state index < -0.39 is 0 Å². The van der Waals surface area contributed by atoms with Crippen molar-refractivity contribution in [1.82, 2.24) is 19.7 Å². The number of imidazole rings is 1. The zero-order chi connectivity index (χ0) is 10.5. The standard InChI is InChI=1S/C11H12N4/c1-12-6-3-2-5-10-9-14-11-13-7-4-8-15(10)11/h4,7-9,12H,3,6H2,1H3. The van der Waals surface area contributed by atoms with Gasteiger partial charge in [0.1, 0.15) is 5.69 Å². The minimum atomic E-state index is 0.690. The molecule has 0 saturated carbocycles. The van der Waals surface area contributed by atoms with Gasteiger partial charge in [-0.15, -0.1) is 0 Å². The van der Waals surface area contributed by atoms with E-state index in [4.69, 9.17) is 0 Å². The first-order valence-electron chi connectivity index (χ1n) is 4.83. The number of fused-ring (bicyclic) bond motifs is 1. The smallest absolute Gasteiger partial charge is 0.234 e. The van der Waals surface area contributed by atoms with Crippen molar-refractivity contribution >= 4 is 5.78 Å². The predicted molar refractivity (Wildman–Crippen MR) is 58.4 cm³/mol. The fourth-order valence-electron chi connectivity index (χ4n) is 1.26. The molecule has 15 heavy (non-hydrogen) atoms. The number of aromatic nitrogens is 3. The van der Waals surface area contributed by atoms with E-state index in [0.29, 0.717) is 5.78 Å². The Balaban J connectivity index is 2.23. The van der Waals surface area contributed by atoms with E-state index >= 15 is 0 Å². The molecule has 1 N–H and O–H groups in total. The van der Waals surface area contributed by atoms with Crippen molar-refractivity contribution in [3.05, 3.63) is 30.4 Å². The molecule has 0 radical (unpaired) electrons. The predicted octanol–water partition coefficient (Wildman–Crippen LogP) is 0.690. The van der Waals surface area contributed by atoms with Gasteiger partial charge in [-0.05, 0) is 19.0 Å². The lowest BCUT2D eigenvalue weighted by Crippen LogP contribution is -2.05. The molecule has 0 aromatic carbocycles. The van der Waals surface area contributed by atoms with Crippen molar-refractivity contribution in [3.63, 3.8) is 0 Å². The lowest BCUT2D eigenvalue weighted by atomic mass is 10.4. The van der Waals surface area contributed by atoms with Crippen LogP contribution in [0.1, 0.15) is 12.1 Å². The summed E-state index contributed by atoms with van der Waals surface area (Å²) in [5.74, 6) is 6.84. The first-order valence-corrected chi connectivity index (χ1v) is 4.83. The molecular formula is C11H12N4. The van der Waals surface area contributed by atoms with Crippen LogP contribution in [0.15, 0.2) is 24.7 Å². The largest absolute Gasteiger partial charge is 0.319 e. The van der Waals surface area contributed by atoms with Gasteiger partial charge in [0, 0.05) is 25.4 Å². The molecule has 0 aliphatic heterocycles. The highest BCUT2D eigenvalue weighted by molar-refractivity contribution is 5.38. The van der Waals surface area contributed by atoms with Gasteiger partial charge in [0.15, 0.2) is 0 Å². The molecule has 0 saturated heterocycles. The van der Waals surface area contributed by atoms with Crippen LogP contribution in [-0.2, 0) is 0 Å². The van der Waals surface area contributed by atoms with Gasteiger partial charge in [-0.2, -0.15) is 0 Å². The van der Waals surface area contributed by atoms with Gasteiger partial charge in [-0.1, -0.05) is 5.92 Å². The lowest BCUT2D eigenvalue weighted by Gasteiger charge is -1.91. The molecule has 0 amide bonds. The van der Waals surface area contributed by atoms with Gasteiger partial charge in [-0.25, -0.2) is 9.97 Å². The summed E-state index contributed by atoms with van der Waals surface area (Å²) >= 11 is 0. The average molecular weight is 200 g/mol. The number of rotatable bonds is 2. The zero-order valence-corrected chi connectivity index (χ0v) is 8.57. The third-order valence-corrected chi connectivity index (χ3v) is 2.00. The van der Waals surface area contributed by atoms with Gasteiger partial charge < -0.3 is 5.32 Å². The minimum Gasteiger partial charge on any atom is -0.319 e. The van der Waals surface area contributed by atoms with Crippen molar-refractivity contribution in [1.29, 1.82) is 0 Å². The zero-order valence-electron chi connectivity index (χ0n) is 8.57. The Bertz CT molecular complexity index is 504. The van der Waals surface area contributed by atoms with Crippen LogP contribution in [0.2, 0.25) is 0 Å². The topological polar surface area (TPSA) is 42.2 Å². The number of hydrogen-bond acceptors (Lipinski definition) is 3. The van der Waals surface area contributed by atoms with E-state index in [1.807, 2.05) is 23.7 Å². The van der Waals surface area contributed by atoms with Crippen molar-refractivity contribution in [2.45, 2.75) is 6.42 Å². The van der Waals surface area contributed by atoms with E-state index in [1.54, 1.807) is 12.4 Å². The molecule has 4 heteroatoms. The van der Waals surface area contributed by atoms with Crippen molar-refractivity contribution in [2.75, 3.05) is 13.6 Å². The molecule has 2 aromatic heterocycles. The van der Waals surface area contributed by atoms with Crippen LogP contribution in [0.3, 0.4) is 0 Å². The highest BCUT2D eigenvalue weighted by Crippen LogP contribution is 2.01. The first kappa shape index (κ1) is 9.69. The quantitative estimate of drug-likeness (QED) is 0.573. The molecule has 2 rings (SSSR count). The fourth-order valence-corrected chi connectivity index (χ4v) is 1.26. The van der Waals surface area contributed by atoms with Crippen molar-refractivity contribution in [3.8, 4) is 11.8 Å². The van der Waals surface area contributed by atoms with Crippen LogP contribution in [0.4, 0.5) is 0 Å². The number of nitrogens with zero attached hydrogens (tertiary/aromatic N) is 3. The normalized spacial score (nSPS) is 9.93. The molecule has 0 unspecified atom stereocenters. The molecule has 0 atom stereocenters. The molecule has 0 aliphatic carbocycles.